The molecule has 0 aliphatic carbocycles. The zero-order chi connectivity index (χ0) is 13.8. The number of ether oxygens (including phenoxy) is 1. The summed E-state index contributed by atoms with van der Waals surface area (Å²) in [5, 5.41) is 3.25. The molecule has 1 N–H and O–H groups in total. The largest absolute Gasteiger partial charge is 0.445 e. The van der Waals surface area contributed by atoms with Crippen LogP contribution < -0.4 is 5.32 Å². The summed E-state index contributed by atoms with van der Waals surface area (Å²) < 4.78 is 5.43. The predicted molar refractivity (Wildman–Crippen MR) is 76.8 cm³/mol. The van der Waals surface area contributed by atoms with Crippen LogP contribution in [0, 0.1) is 6.92 Å². The van der Waals surface area contributed by atoms with Gasteiger partial charge in [0, 0.05) is 6.54 Å². The lowest BCUT2D eigenvalue weighted by molar-refractivity contribution is 0.0593. The zero-order valence-electron chi connectivity index (χ0n) is 11.3. The Morgan fingerprint density at radius 3 is 3.00 bits per heavy atom. The van der Waals surface area contributed by atoms with E-state index in [1.54, 1.807) is 6.07 Å². The smallest absolute Gasteiger partial charge is 0.411 e. The molecule has 0 aromatic heterocycles. The number of carbonyl (C=O) groups excluding carboxylic acids is 1. The van der Waals surface area contributed by atoms with Crippen LogP contribution in [0.1, 0.15) is 18.4 Å². The highest BCUT2D eigenvalue weighted by molar-refractivity contribution is 6.33. The summed E-state index contributed by atoms with van der Waals surface area (Å²) >= 11 is 6.06. The summed E-state index contributed by atoms with van der Waals surface area (Å²) in [5.41, 5.74) is 1.54. The van der Waals surface area contributed by atoms with E-state index in [4.69, 9.17) is 16.3 Å². The fourth-order valence-electron chi connectivity index (χ4n) is 2.29. The van der Waals surface area contributed by atoms with E-state index in [1.807, 2.05) is 26.1 Å². The van der Waals surface area contributed by atoms with Gasteiger partial charge in [-0.1, -0.05) is 23.7 Å². The number of aryl methyl sites for hydroxylation is 1. The third-order valence-corrected chi connectivity index (χ3v) is 3.62. The van der Waals surface area contributed by atoms with Crippen LogP contribution in [0.5, 0.6) is 0 Å². The van der Waals surface area contributed by atoms with Crippen molar-refractivity contribution < 1.29 is 9.53 Å². The number of anilines is 1. The molecule has 2 rings (SSSR count). The van der Waals surface area contributed by atoms with Crippen LogP contribution in [-0.4, -0.2) is 37.2 Å². The van der Waals surface area contributed by atoms with Gasteiger partial charge in [0.25, 0.3) is 0 Å². The number of hydrogen-bond acceptors (Lipinski definition) is 3. The summed E-state index contributed by atoms with van der Waals surface area (Å²) in [6.07, 6.45) is 1.50. The Kier molecular flexibility index (Phi) is 4.66. The molecular formula is C14H19ClN2O2. The highest BCUT2D eigenvalue weighted by Crippen LogP contribution is 2.25. The Bertz CT molecular complexity index is 445. The zero-order valence-corrected chi connectivity index (χ0v) is 12.0. The number of benzene rings is 1. The van der Waals surface area contributed by atoms with Gasteiger partial charge in [-0.25, -0.2) is 4.79 Å². The first-order valence-electron chi connectivity index (χ1n) is 6.47. The summed E-state index contributed by atoms with van der Waals surface area (Å²) in [6.45, 7) is 3.75. The van der Waals surface area contributed by atoms with E-state index in [1.165, 1.54) is 0 Å². The summed E-state index contributed by atoms with van der Waals surface area (Å²) in [6, 6.07) is 5.50. The molecule has 1 aliphatic heterocycles. The van der Waals surface area contributed by atoms with E-state index in [0.29, 0.717) is 10.7 Å². The molecule has 1 aromatic rings. The topological polar surface area (TPSA) is 41.6 Å². The van der Waals surface area contributed by atoms with E-state index in [0.717, 1.165) is 31.5 Å². The Balaban J connectivity index is 1.94. The molecule has 5 heteroatoms. The van der Waals surface area contributed by atoms with Crippen molar-refractivity contribution in [3.63, 3.8) is 0 Å². The van der Waals surface area contributed by atoms with E-state index in [-0.39, 0.29) is 6.10 Å². The standard InChI is InChI=1S/C14H19ClN2O2/c1-10-5-3-7-12(15)13(10)16-14(18)19-11-6-4-8-17(2)9-11/h3,5,7,11H,4,6,8-9H2,1-2H3,(H,16,18). The number of hydrogen-bond donors (Lipinski definition) is 1. The maximum atomic E-state index is 11.9. The van der Waals surface area contributed by atoms with Crippen molar-refractivity contribution in [3.05, 3.63) is 28.8 Å². The van der Waals surface area contributed by atoms with Crippen molar-refractivity contribution in [2.24, 2.45) is 0 Å². The molecule has 1 unspecified atom stereocenters. The third kappa shape index (κ3) is 3.85. The van der Waals surface area contributed by atoms with E-state index < -0.39 is 6.09 Å². The SMILES string of the molecule is Cc1cccc(Cl)c1NC(=O)OC1CCCN(C)C1. The monoisotopic (exact) mass is 282 g/mol. The number of nitrogens with zero attached hydrogens (tertiary/aromatic N) is 1. The Morgan fingerprint density at radius 2 is 2.32 bits per heavy atom. The molecule has 1 amide bonds. The molecular weight excluding hydrogens is 264 g/mol. The molecule has 1 aliphatic rings. The van der Waals surface area contributed by atoms with Crippen molar-refractivity contribution >= 4 is 23.4 Å². The van der Waals surface area contributed by atoms with Gasteiger partial charge in [-0.15, -0.1) is 0 Å². The number of likely N-dealkylation sites (N-methyl/N-ethyl adjacent to an activating group) is 1. The van der Waals surface area contributed by atoms with E-state index >= 15 is 0 Å². The molecule has 1 saturated heterocycles. The number of piperidine rings is 1. The van der Waals surface area contributed by atoms with Gasteiger partial charge in [-0.3, -0.25) is 5.32 Å². The number of amides is 1. The molecule has 104 valence electrons. The van der Waals surface area contributed by atoms with Gasteiger partial charge >= 0.3 is 6.09 Å². The molecule has 0 radical (unpaired) electrons. The number of nitrogens with one attached hydrogen (secondary N) is 1. The van der Waals surface area contributed by atoms with Crippen LogP contribution >= 0.6 is 11.6 Å². The Morgan fingerprint density at radius 1 is 1.53 bits per heavy atom. The first kappa shape index (κ1) is 14.2. The third-order valence-electron chi connectivity index (χ3n) is 3.30. The lowest BCUT2D eigenvalue weighted by Gasteiger charge is -2.29. The fraction of sp³-hybridized carbons (Fsp3) is 0.500. The number of para-hydroxylation sites is 1. The van der Waals surface area contributed by atoms with Crippen molar-refractivity contribution in [2.45, 2.75) is 25.9 Å². The Hall–Kier alpha value is -1.26. The molecule has 1 aromatic carbocycles. The van der Waals surface area contributed by atoms with Gasteiger partial charge < -0.3 is 9.64 Å². The molecule has 1 atom stereocenters. The highest BCUT2D eigenvalue weighted by atomic mass is 35.5. The average molecular weight is 283 g/mol. The van der Waals surface area contributed by atoms with Crippen molar-refractivity contribution in [1.29, 1.82) is 0 Å². The second-order valence-electron chi connectivity index (χ2n) is 4.99. The van der Waals surface area contributed by atoms with Crippen LogP contribution in [0.2, 0.25) is 5.02 Å². The number of carbonyl (C=O) groups is 1. The van der Waals surface area contributed by atoms with Gasteiger partial charge in [0.1, 0.15) is 6.10 Å². The minimum Gasteiger partial charge on any atom is -0.445 e. The maximum absolute atomic E-state index is 11.9. The van der Waals surface area contributed by atoms with Crippen molar-refractivity contribution in [1.82, 2.24) is 4.90 Å². The van der Waals surface area contributed by atoms with E-state index in [2.05, 4.69) is 10.2 Å². The molecule has 0 spiro atoms. The van der Waals surface area contributed by atoms with Crippen LogP contribution in [0.3, 0.4) is 0 Å². The van der Waals surface area contributed by atoms with Crippen molar-refractivity contribution in [2.75, 3.05) is 25.5 Å². The van der Waals surface area contributed by atoms with Gasteiger partial charge in [0.05, 0.1) is 10.7 Å². The van der Waals surface area contributed by atoms with Gasteiger partial charge in [0.2, 0.25) is 0 Å². The molecule has 19 heavy (non-hydrogen) atoms. The van der Waals surface area contributed by atoms with Crippen LogP contribution in [0.25, 0.3) is 0 Å². The first-order valence-corrected chi connectivity index (χ1v) is 6.85. The fourth-order valence-corrected chi connectivity index (χ4v) is 2.56. The number of rotatable bonds is 2. The van der Waals surface area contributed by atoms with Gasteiger partial charge in [-0.05, 0) is 45.0 Å². The molecule has 4 nitrogen and oxygen atoms in total. The Labute approximate surface area is 118 Å². The summed E-state index contributed by atoms with van der Waals surface area (Å²) in [7, 11) is 2.03. The van der Waals surface area contributed by atoms with Crippen molar-refractivity contribution in [3.8, 4) is 0 Å². The normalized spacial score (nSPS) is 20.1. The number of likely N-dealkylation sites (tertiary alicyclic amines) is 1. The second kappa shape index (κ2) is 6.26. The summed E-state index contributed by atoms with van der Waals surface area (Å²) in [4.78, 5) is 14.1. The van der Waals surface area contributed by atoms with Gasteiger partial charge in [0.15, 0.2) is 0 Å². The lowest BCUT2D eigenvalue weighted by Crippen LogP contribution is -2.38. The number of halogens is 1. The maximum Gasteiger partial charge on any atom is 0.411 e. The minimum absolute atomic E-state index is 0.0402. The minimum atomic E-state index is -0.434. The molecule has 1 heterocycles. The average Bonchev–Trinajstić information content (AvgIpc) is 2.34. The first-order chi connectivity index (χ1) is 9.06. The van der Waals surface area contributed by atoms with Gasteiger partial charge in [-0.2, -0.15) is 0 Å². The van der Waals surface area contributed by atoms with Crippen LogP contribution in [-0.2, 0) is 4.74 Å². The summed E-state index contributed by atoms with van der Waals surface area (Å²) in [5.74, 6) is 0. The highest BCUT2D eigenvalue weighted by Gasteiger charge is 2.21. The van der Waals surface area contributed by atoms with E-state index in [9.17, 15) is 4.79 Å². The quantitative estimate of drug-likeness (QED) is 0.905. The second-order valence-corrected chi connectivity index (χ2v) is 5.40. The van der Waals surface area contributed by atoms with Crippen LogP contribution in [0.4, 0.5) is 10.5 Å². The predicted octanol–water partition coefficient (Wildman–Crippen LogP) is 3.29. The van der Waals surface area contributed by atoms with Crippen LogP contribution in [0.15, 0.2) is 18.2 Å². The molecule has 0 bridgehead atoms. The lowest BCUT2D eigenvalue weighted by atomic mass is 10.1. The molecule has 1 fully saturated rings. The molecule has 0 saturated carbocycles.